The van der Waals surface area contributed by atoms with Gasteiger partial charge in [-0.05, 0) is 60.8 Å². The van der Waals surface area contributed by atoms with Crippen molar-refractivity contribution in [3.8, 4) is 5.82 Å². The number of aromatic nitrogens is 5. The second kappa shape index (κ2) is 7.21. The molecule has 6 heterocycles. The Morgan fingerprint density at radius 3 is 2.72 bits per heavy atom. The number of hydrogen-bond donors (Lipinski definition) is 0. The van der Waals surface area contributed by atoms with Gasteiger partial charge in [-0.25, -0.2) is 9.67 Å². The van der Waals surface area contributed by atoms with Crippen molar-refractivity contribution in [3.05, 3.63) is 28.1 Å². The molecular weight excluding hydrogens is 483 g/mol. The summed E-state index contributed by atoms with van der Waals surface area (Å²) in [4.78, 5) is 7.50. The van der Waals surface area contributed by atoms with E-state index in [1.165, 1.54) is 19.3 Å². The molecule has 0 aromatic carbocycles. The van der Waals surface area contributed by atoms with E-state index >= 15 is 0 Å². The van der Waals surface area contributed by atoms with E-state index in [0.717, 1.165) is 58.9 Å². The average molecular weight is 506 g/mol. The topological polar surface area (TPSA) is 70.2 Å². The Bertz CT molecular complexity index is 1030. The van der Waals surface area contributed by atoms with Gasteiger partial charge in [-0.15, -0.1) is 0 Å². The molecular formula is C20H23IN6O2. The van der Waals surface area contributed by atoms with Gasteiger partial charge in [-0.3, -0.25) is 0 Å². The Morgan fingerprint density at radius 2 is 1.93 bits per heavy atom. The molecule has 6 rings (SSSR count). The predicted molar refractivity (Wildman–Crippen MR) is 116 cm³/mol. The molecule has 152 valence electrons. The van der Waals surface area contributed by atoms with E-state index in [9.17, 15) is 0 Å². The van der Waals surface area contributed by atoms with Gasteiger partial charge in [-0.1, -0.05) is 0 Å². The molecule has 3 fully saturated rings. The molecule has 29 heavy (non-hydrogen) atoms. The lowest BCUT2D eigenvalue weighted by Crippen LogP contribution is -2.46. The van der Waals surface area contributed by atoms with Crippen molar-refractivity contribution in [2.24, 2.45) is 0 Å². The molecule has 0 N–H and O–H groups in total. The molecule has 3 aromatic heterocycles. The molecule has 2 bridgehead atoms. The maximum Gasteiger partial charge on any atom is 0.177 e. The summed E-state index contributed by atoms with van der Waals surface area (Å²) in [6.45, 7) is 2.38. The molecule has 0 aliphatic carbocycles. The zero-order valence-corrected chi connectivity index (χ0v) is 18.2. The first kappa shape index (κ1) is 18.1. The van der Waals surface area contributed by atoms with Crippen LogP contribution in [0.4, 0.5) is 5.82 Å². The van der Waals surface area contributed by atoms with Crippen molar-refractivity contribution in [2.45, 2.75) is 50.4 Å². The molecule has 9 heteroatoms. The predicted octanol–water partition coefficient (Wildman–Crippen LogP) is 3.29. The molecule has 3 aliphatic heterocycles. The maximum atomic E-state index is 5.87. The Kier molecular flexibility index (Phi) is 4.49. The number of pyridine rings is 1. The summed E-state index contributed by atoms with van der Waals surface area (Å²) in [5.74, 6) is 1.80. The molecule has 0 radical (unpaired) electrons. The number of rotatable bonds is 3. The smallest absolute Gasteiger partial charge is 0.177 e. The van der Waals surface area contributed by atoms with E-state index in [1.54, 1.807) is 0 Å². The Balaban J connectivity index is 1.39. The lowest BCUT2D eigenvalue weighted by molar-refractivity contribution is -0.0395. The molecule has 0 spiro atoms. The van der Waals surface area contributed by atoms with Gasteiger partial charge >= 0.3 is 0 Å². The first-order valence-corrected chi connectivity index (χ1v) is 11.4. The van der Waals surface area contributed by atoms with Gasteiger partial charge in [0.15, 0.2) is 11.5 Å². The third-order valence-corrected chi connectivity index (χ3v) is 7.14. The van der Waals surface area contributed by atoms with E-state index in [4.69, 9.17) is 19.6 Å². The van der Waals surface area contributed by atoms with E-state index < -0.39 is 0 Å². The number of anilines is 1. The summed E-state index contributed by atoms with van der Waals surface area (Å²) in [6.07, 6.45) is 9.54. The van der Waals surface area contributed by atoms with Crippen LogP contribution in [0.5, 0.6) is 0 Å². The van der Waals surface area contributed by atoms with Gasteiger partial charge in [0.05, 0.1) is 36.9 Å². The first-order valence-electron chi connectivity index (χ1n) is 10.4. The zero-order chi connectivity index (χ0) is 19.4. The summed E-state index contributed by atoms with van der Waals surface area (Å²) in [6, 6.07) is 5.02. The summed E-state index contributed by atoms with van der Waals surface area (Å²) in [5.41, 5.74) is 0.854. The lowest BCUT2D eigenvalue weighted by atomic mass is 10.2. The molecule has 3 aliphatic rings. The third-order valence-electron chi connectivity index (χ3n) is 6.24. The Morgan fingerprint density at radius 1 is 1.07 bits per heavy atom. The molecule has 3 aromatic rings. The zero-order valence-electron chi connectivity index (χ0n) is 16.1. The summed E-state index contributed by atoms with van der Waals surface area (Å²) >= 11 is 2.39. The normalized spacial score (nSPS) is 27.1. The largest absolute Gasteiger partial charge is 0.377 e. The van der Waals surface area contributed by atoms with Crippen LogP contribution in [0.25, 0.3) is 16.9 Å². The van der Waals surface area contributed by atoms with Crippen molar-refractivity contribution in [3.63, 3.8) is 0 Å². The fourth-order valence-corrected chi connectivity index (χ4v) is 5.45. The number of halogens is 1. The third kappa shape index (κ3) is 3.05. The fourth-order valence-electron chi connectivity index (χ4n) is 4.79. The van der Waals surface area contributed by atoms with Crippen LogP contribution in [-0.2, 0) is 9.47 Å². The van der Waals surface area contributed by atoms with Crippen LogP contribution in [0.15, 0.2) is 24.5 Å². The fraction of sp³-hybridized carbons (Fsp3) is 0.550. The second-order valence-corrected chi connectivity index (χ2v) is 9.22. The Labute approximate surface area is 182 Å². The van der Waals surface area contributed by atoms with Crippen molar-refractivity contribution in [2.75, 3.05) is 24.7 Å². The summed E-state index contributed by atoms with van der Waals surface area (Å²) in [7, 11) is 0. The second-order valence-electron chi connectivity index (χ2n) is 8.06. The number of fused-ring (bicyclic) bond motifs is 3. The van der Waals surface area contributed by atoms with Crippen LogP contribution in [0.2, 0.25) is 0 Å². The molecule has 3 saturated heterocycles. The standard InChI is InChI=1S/C20H23IN6O2/c21-16-9-18(26-13-4-5-14(26)12-28-11-13)23-20-15(16)10-22-27(20)17-6-7-25(24-17)19-3-1-2-8-29-19/h6-7,9-10,13-14,19H,1-5,8,11-12H2. The highest BCUT2D eigenvalue weighted by molar-refractivity contribution is 14.1. The van der Waals surface area contributed by atoms with Crippen LogP contribution >= 0.6 is 22.6 Å². The first-order chi connectivity index (χ1) is 14.3. The number of hydrogen-bond acceptors (Lipinski definition) is 6. The lowest BCUT2D eigenvalue weighted by Gasteiger charge is -2.35. The Hall–Kier alpha value is -1.72. The number of morpholine rings is 1. The quantitative estimate of drug-likeness (QED) is 0.508. The van der Waals surface area contributed by atoms with E-state index in [2.05, 4.69) is 38.7 Å². The van der Waals surface area contributed by atoms with E-state index in [0.29, 0.717) is 12.1 Å². The van der Waals surface area contributed by atoms with Crippen molar-refractivity contribution < 1.29 is 9.47 Å². The SMILES string of the molecule is Ic1cc(N2C3CCC2COC3)nc2c1cnn2-c1ccn(C2CCCCO2)n1. The van der Waals surface area contributed by atoms with Crippen LogP contribution in [0, 0.1) is 3.57 Å². The molecule has 3 atom stereocenters. The number of ether oxygens (including phenoxy) is 2. The van der Waals surface area contributed by atoms with Crippen molar-refractivity contribution in [1.82, 2.24) is 24.5 Å². The minimum Gasteiger partial charge on any atom is -0.377 e. The highest BCUT2D eigenvalue weighted by Crippen LogP contribution is 2.35. The van der Waals surface area contributed by atoms with Crippen LogP contribution < -0.4 is 4.90 Å². The van der Waals surface area contributed by atoms with Gasteiger partial charge in [0.2, 0.25) is 0 Å². The van der Waals surface area contributed by atoms with Gasteiger partial charge in [0.25, 0.3) is 0 Å². The van der Waals surface area contributed by atoms with E-state index in [1.807, 2.05) is 27.8 Å². The van der Waals surface area contributed by atoms with E-state index in [-0.39, 0.29) is 6.23 Å². The molecule has 0 amide bonds. The molecule has 8 nitrogen and oxygen atoms in total. The number of nitrogens with zero attached hydrogens (tertiary/aromatic N) is 6. The van der Waals surface area contributed by atoms with Gasteiger partial charge in [-0.2, -0.15) is 14.9 Å². The monoisotopic (exact) mass is 506 g/mol. The minimum atomic E-state index is 0.0203. The van der Waals surface area contributed by atoms with Gasteiger partial charge in [0.1, 0.15) is 12.0 Å². The minimum absolute atomic E-state index is 0.0203. The summed E-state index contributed by atoms with van der Waals surface area (Å²) < 4.78 is 16.5. The highest BCUT2D eigenvalue weighted by atomic mass is 127. The summed E-state index contributed by atoms with van der Waals surface area (Å²) in [5, 5.41) is 10.4. The van der Waals surface area contributed by atoms with Crippen molar-refractivity contribution in [1.29, 1.82) is 0 Å². The van der Waals surface area contributed by atoms with Crippen molar-refractivity contribution >= 4 is 39.4 Å². The van der Waals surface area contributed by atoms with Crippen LogP contribution in [0.1, 0.15) is 38.3 Å². The van der Waals surface area contributed by atoms with Gasteiger partial charge in [0, 0.05) is 22.4 Å². The highest BCUT2D eigenvalue weighted by Gasteiger charge is 2.38. The average Bonchev–Trinajstić information content (AvgIpc) is 3.45. The van der Waals surface area contributed by atoms with Crippen LogP contribution in [-0.4, -0.2) is 56.4 Å². The maximum absolute atomic E-state index is 5.87. The molecule has 3 unspecified atom stereocenters. The molecule has 0 saturated carbocycles. The van der Waals surface area contributed by atoms with Crippen LogP contribution in [0.3, 0.4) is 0 Å². The van der Waals surface area contributed by atoms with Gasteiger partial charge < -0.3 is 14.4 Å².